The van der Waals surface area contributed by atoms with Gasteiger partial charge in [-0.15, -0.1) is 0 Å². The van der Waals surface area contributed by atoms with Crippen molar-refractivity contribution in [1.82, 2.24) is 10.6 Å². The Morgan fingerprint density at radius 1 is 1.30 bits per heavy atom. The molecular weight excluding hydrogens is 260 g/mol. The van der Waals surface area contributed by atoms with Gasteiger partial charge in [0.05, 0.1) is 6.10 Å². The Hall–Kier alpha value is -2.08. The highest BCUT2D eigenvalue weighted by Gasteiger charge is 2.21. The number of aliphatic carboxylic acids is 1. The van der Waals surface area contributed by atoms with Crippen molar-refractivity contribution in [1.29, 1.82) is 0 Å². The van der Waals surface area contributed by atoms with Crippen LogP contribution in [0.3, 0.4) is 0 Å². The summed E-state index contributed by atoms with van der Waals surface area (Å²) in [6.07, 6.45) is -0.120. The number of amides is 2. The molecule has 0 saturated carbocycles. The van der Waals surface area contributed by atoms with Gasteiger partial charge in [0.2, 0.25) is 0 Å². The predicted octanol–water partition coefficient (Wildman–Crippen LogP) is 1.54. The lowest BCUT2D eigenvalue weighted by Gasteiger charge is -2.17. The van der Waals surface area contributed by atoms with Crippen molar-refractivity contribution in [3.8, 4) is 0 Å². The van der Waals surface area contributed by atoms with Crippen LogP contribution in [0.4, 0.5) is 4.79 Å². The van der Waals surface area contributed by atoms with Crippen molar-refractivity contribution in [2.45, 2.75) is 26.0 Å². The molecule has 2 atom stereocenters. The lowest BCUT2D eigenvalue weighted by molar-refractivity contribution is -0.139. The van der Waals surface area contributed by atoms with Crippen LogP contribution in [0.1, 0.15) is 25.5 Å². The van der Waals surface area contributed by atoms with Gasteiger partial charge in [-0.05, 0) is 19.4 Å². The van der Waals surface area contributed by atoms with Crippen LogP contribution < -0.4 is 10.6 Å². The number of carboxylic acid groups (broad SMARTS) is 1. The molecular formula is C14H20N2O4. The molecule has 1 aromatic rings. The second-order valence-corrected chi connectivity index (χ2v) is 4.30. The van der Waals surface area contributed by atoms with Crippen LogP contribution in [0.2, 0.25) is 0 Å². The topological polar surface area (TPSA) is 87.7 Å². The van der Waals surface area contributed by atoms with E-state index in [1.54, 1.807) is 30.3 Å². The number of rotatable bonds is 7. The molecule has 1 rings (SSSR count). The van der Waals surface area contributed by atoms with E-state index in [0.717, 1.165) is 0 Å². The first-order chi connectivity index (χ1) is 9.54. The van der Waals surface area contributed by atoms with Crippen molar-refractivity contribution < 1.29 is 19.4 Å². The highest BCUT2D eigenvalue weighted by Crippen LogP contribution is 2.12. The molecule has 2 amide bonds. The minimum Gasteiger partial charge on any atom is -0.479 e. The first kappa shape index (κ1) is 16.0. The molecule has 0 spiro atoms. The third-order valence-electron chi connectivity index (χ3n) is 2.66. The van der Waals surface area contributed by atoms with Crippen LogP contribution in [0.25, 0.3) is 0 Å². The zero-order chi connectivity index (χ0) is 15.0. The van der Waals surface area contributed by atoms with E-state index in [9.17, 15) is 14.7 Å². The van der Waals surface area contributed by atoms with Crippen molar-refractivity contribution >= 4 is 12.0 Å². The number of carboxylic acids is 1. The van der Waals surface area contributed by atoms with Crippen molar-refractivity contribution in [2.24, 2.45) is 0 Å². The van der Waals surface area contributed by atoms with Gasteiger partial charge in [-0.25, -0.2) is 9.59 Å². The molecule has 0 radical (unpaired) electrons. The number of nitrogens with one attached hydrogen (secondary N) is 2. The minimum absolute atomic E-state index is 0.120. The highest BCUT2D eigenvalue weighted by atomic mass is 16.5. The van der Waals surface area contributed by atoms with E-state index in [1.165, 1.54) is 0 Å². The zero-order valence-corrected chi connectivity index (χ0v) is 11.6. The number of hydrogen-bond donors (Lipinski definition) is 3. The largest absolute Gasteiger partial charge is 0.479 e. The number of carbonyl (C=O) groups is 2. The standard InChI is InChI=1S/C14H20N2O4/c1-3-20-10(2)9-15-14(19)16-12(13(17)18)11-7-5-4-6-8-11/h4-8,10,12H,3,9H2,1-2H3,(H,17,18)(H2,15,16,19)/t10?,12-/m0/s1. The van der Waals surface area contributed by atoms with Crippen molar-refractivity contribution in [3.05, 3.63) is 35.9 Å². The molecule has 1 aromatic carbocycles. The van der Waals surface area contributed by atoms with E-state index in [4.69, 9.17) is 4.74 Å². The fourth-order valence-electron chi connectivity index (χ4n) is 1.70. The molecule has 20 heavy (non-hydrogen) atoms. The highest BCUT2D eigenvalue weighted by molar-refractivity contribution is 5.83. The molecule has 0 aliphatic heterocycles. The fourth-order valence-corrected chi connectivity index (χ4v) is 1.70. The van der Waals surface area contributed by atoms with Gasteiger partial charge in [0, 0.05) is 13.2 Å². The molecule has 110 valence electrons. The number of urea groups is 1. The van der Waals surface area contributed by atoms with Crippen LogP contribution >= 0.6 is 0 Å². The average molecular weight is 280 g/mol. The molecule has 3 N–H and O–H groups in total. The quantitative estimate of drug-likeness (QED) is 0.707. The lowest BCUT2D eigenvalue weighted by atomic mass is 10.1. The van der Waals surface area contributed by atoms with Gasteiger partial charge in [0.25, 0.3) is 0 Å². The average Bonchev–Trinajstić information content (AvgIpc) is 2.43. The smallest absolute Gasteiger partial charge is 0.330 e. The van der Waals surface area contributed by atoms with Gasteiger partial charge in [-0.3, -0.25) is 0 Å². The molecule has 0 aromatic heterocycles. The Morgan fingerprint density at radius 3 is 2.50 bits per heavy atom. The van der Waals surface area contributed by atoms with Gasteiger partial charge in [-0.1, -0.05) is 30.3 Å². The summed E-state index contributed by atoms with van der Waals surface area (Å²) < 4.78 is 5.27. The molecule has 0 fully saturated rings. The van der Waals surface area contributed by atoms with Gasteiger partial charge in [0.1, 0.15) is 0 Å². The van der Waals surface area contributed by atoms with E-state index in [1.807, 2.05) is 13.8 Å². The Kier molecular flexibility index (Phi) is 6.52. The van der Waals surface area contributed by atoms with Crippen LogP contribution in [0.5, 0.6) is 0 Å². The Morgan fingerprint density at radius 2 is 1.95 bits per heavy atom. The number of hydrogen-bond acceptors (Lipinski definition) is 3. The summed E-state index contributed by atoms with van der Waals surface area (Å²) >= 11 is 0. The summed E-state index contributed by atoms with van der Waals surface area (Å²) in [7, 11) is 0. The van der Waals surface area contributed by atoms with E-state index in [0.29, 0.717) is 18.7 Å². The SMILES string of the molecule is CCOC(C)CNC(=O)N[C@H](C(=O)O)c1ccccc1. The zero-order valence-electron chi connectivity index (χ0n) is 11.6. The van der Waals surface area contributed by atoms with Gasteiger partial charge in [-0.2, -0.15) is 0 Å². The number of benzene rings is 1. The van der Waals surface area contributed by atoms with Crippen LogP contribution in [0, 0.1) is 0 Å². The molecule has 0 aliphatic rings. The Balaban J connectivity index is 2.55. The lowest BCUT2D eigenvalue weighted by Crippen LogP contribution is -2.43. The molecule has 6 heteroatoms. The van der Waals surface area contributed by atoms with E-state index >= 15 is 0 Å². The normalized spacial score (nSPS) is 13.3. The first-order valence-corrected chi connectivity index (χ1v) is 6.48. The monoisotopic (exact) mass is 280 g/mol. The molecule has 0 heterocycles. The fraction of sp³-hybridized carbons (Fsp3) is 0.429. The minimum atomic E-state index is -1.11. The maximum atomic E-state index is 11.7. The van der Waals surface area contributed by atoms with E-state index in [2.05, 4.69) is 10.6 Å². The number of ether oxygens (including phenoxy) is 1. The van der Waals surface area contributed by atoms with Gasteiger partial charge in [0.15, 0.2) is 6.04 Å². The summed E-state index contributed by atoms with van der Waals surface area (Å²) in [6, 6.07) is 6.94. The van der Waals surface area contributed by atoms with Gasteiger partial charge < -0.3 is 20.5 Å². The summed E-state index contributed by atoms with van der Waals surface area (Å²) in [5, 5.41) is 14.2. The molecule has 0 bridgehead atoms. The second kappa shape index (κ2) is 8.16. The van der Waals surface area contributed by atoms with Crippen molar-refractivity contribution in [2.75, 3.05) is 13.2 Å². The number of carbonyl (C=O) groups excluding carboxylic acids is 1. The van der Waals surface area contributed by atoms with E-state index in [-0.39, 0.29) is 6.10 Å². The summed E-state index contributed by atoms with van der Waals surface area (Å²) in [5.74, 6) is -1.11. The van der Waals surface area contributed by atoms with Crippen LogP contribution in [-0.2, 0) is 9.53 Å². The van der Waals surface area contributed by atoms with Crippen molar-refractivity contribution in [3.63, 3.8) is 0 Å². The molecule has 6 nitrogen and oxygen atoms in total. The maximum Gasteiger partial charge on any atom is 0.330 e. The first-order valence-electron chi connectivity index (χ1n) is 6.48. The molecule has 1 unspecified atom stereocenters. The van der Waals surface area contributed by atoms with Crippen LogP contribution in [0.15, 0.2) is 30.3 Å². The van der Waals surface area contributed by atoms with Gasteiger partial charge >= 0.3 is 12.0 Å². The molecule has 0 saturated heterocycles. The summed E-state index contributed by atoms with van der Waals surface area (Å²) in [5.41, 5.74) is 0.521. The third kappa shape index (κ3) is 5.27. The van der Waals surface area contributed by atoms with E-state index < -0.39 is 18.0 Å². The molecule has 0 aliphatic carbocycles. The Labute approximate surface area is 118 Å². The Bertz CT molecular complexity index is 436. The summed E-state index contributed by atoms with van der Waals surface area (Å²) in [4.78, 5) is 22.9. The van der Waals surface area contributed by atoms with Crippen LogP contribution in [-0.4, -0.2) is 36.4 Å². The third-order valence-corrected chi connectivity index (χ3v) is 2.66. The predicted molar refractivity (Wildman–Crippen MR) is 74.4 cm³/mol. The maximum absolute atomic E-state index is 11.7. The summed E-state index contributed by atoms with van der Waals surface area (Å²) in [6.45, 7) is 4.58. The second-order valence-electron chi connectivity index (χ2n) is 4.30.